The van der Waals surface area contributed by atoms with Crippen molar-refractivity contribution >= 4 is 17.0 Å². The highest BCUT2D eigenvalue weighted by Gasteiger charge is 2.23. The van der Waals surface area contributed by atoms with Gasteiger partial charge >= 0.3 is 0 Å². The summed E-state index contributed by atoms with van der Waals surface area (Å²) in [6.07, 6.45) is 5.27. The lowest BCUT2D eigenvalue weighted by molar-refractivity contribution is 0.122. The molecule has 1 aliphatic heterocycles. The van der Waals surface area contributed by atoms with Gasteiger partial charge in [0.05, 0.1) is 18.9 Å². The van der Waals surface area contributed by atoms with E-state index in [0.717, 1.165) is 22.7 Å². The Morgan fingerprint density at radius 1 is 0.941 bits per heavy atom. The Balaban J connectivity index is 1.51. The molecule has 0 N–H and O–H groups in total. The predicted octanol–water partition coefficient (Wildman–Crippen LogP) is 3.25. The number of anilines is 1. The van der Waals surface area contributed by atoms with Gasteiger partial charge in [0, 0.05) is 49.9 Å². The third-order valence-corrected chi connectivity index (χ3v) is 5.85. The Hall–Kier alpha value is -4.18. The van der Waals surface area contributed by atoms with Crippen molar-refractivity contribution in [1.29, 1.82) is 0 Å². The zero-order valence-electron chi connectivity index (χ0n) is 18.5. The van der Waals surface area contributed by atoms with Gasteiger partial charge in [0.25, 0.3) is 5.95 Å². The van der Waals surface area contributed by atoms with Crippen LogP contribution in [0.3, 0.4) is 0 Å². The molecule has 34 heavy (non-hydrogen) atoms. The van der Waals surface area contributed by atoms with E-state index in [2.05, 4.69) is 15.0 Å². The largest absolute Gasteiger partial charge is 0.378 e. The molecule has 10 heteroatoms. The number of benzene rings is 1. The van der Waals surface area contributed by atoms with E-state index < -0.39 is 0 Å². The molecule has 0 aliphatic carbocycles. The van der Waals surface area contributed by atoms with Crippen molar-refractivity contribution < 1.29 is 9.13 Å². The second kappa shape index (κ2) is 8.31. The van der Waals surface area contributed by atoms with Crippen molar-refractivity contribution in [3.63, 3.8) is 0 Å². The zero-order chi connectivity index (χ0) is 23.1. The van der Waals surface area contributed by atoms with Gasteiger partial charge in [0.2, 0.25) is 0 Å². The first-order valence-electron chi connectivity index (χ1n) is 11.0. The first-order valence-corrected chi connectivity index (χ1v) is 11.0. The molecule has 5 heterocycles. The van der Waals surface area contributed by atoms with E-state index in [1.807, 2.05) is 35.9 Å². The minimum atomic E-state index is -0.308. The van der Waals surface area contributed by atoms with Crippen LogP contribution in [0.5, 0.6) is 0 Å². The average Bonchev–Trinajstić information content (AvgIpc) is 3.50. The van der Waals surface area contributed by atoms with E-state index in [9.17, 15) is 4.39 Å². The maximum Gasteiger partial charge on any atom is 0.254 e. The van der Waals surface area contributed by atoms with Crippen molar-refractivity contribution in [3.05, 3.63) is 66.9 Å². The van der Waals surface area contributed by atoms with Gasteiger partial charge in [-0.05, 0) is 30.3 Å². The van der Waals surface area contributed by atoms with Gasteiger partial charge in [-0.1, -0.05) is 12.1 Å². The van der Waals surface area contributed by atoms with Crippen LogP contribution in [0.1, 0.15) is 0 Å². The number of halogens is 1. The average molecular weight is 456 g/mol. The normalized spacial score (nSPS) is 14.1. The monoisotopic (exact) mass is 456 g/mol. The molecule has 4 aromatic heterocycles. The summed E-state index contributed by atoms with van der Waals surface area (Å²) in [6.45, 7) is 2.66. The molecule has 0 spiro atoms. The number of morpholine rings is 1. The van der Waals surface area contributed by atoms with Crippen LogP contribution in [-0.4, -0.2) is 60.6 Å². The van der Waals surface area contributed by atoms with E-state index in [0.29, 0.717) is 49.2 Å². The number of hydrogen-bond donors (Lipinski definition) is 0. The van der Waals surface area contributed by atoms with Crippen molar-refractivity contribution in [2.24, 2.45) is 7.05 Å². The number of ether oxygens (including phenoxy) is 1. The van der Waals surface area contributed by atoms with Crippen LogP contribution in [-0.2, 0) is 11.8 Å². The lowest BCUT2D eigenvalue weighted by atomic mass is 10.1. The minimum Gasteiger partial charge on any atom is -0.378 e. The van der Waals surface area contributed by atoms with Crippen molar-refractivity contribution in [2.75, 3.05) is 31.2 Å². The Morgan fingerprint density at radius 3 is 2.56 bits per heavy atom. The molecule has 1 saturated heterocycles. The molecule has 0 amide bonds. The number of fused-ring (bicyclic) bond motifs is 1. The Bertz CT molecular complexity index is 1470. The molecule has 1 aliphatic rings. The molecule has 1 aromatic carbocycles. The highest BCUT2D eigenvalue weighted by molar-refractivity contribution is 5.87. The minimum absolute atomic E-state index is 0.308. The zero-order valence-corrected chi connectivity index (χ0v) is 18.5. The van der Waals surface area contributed by atoms with E-state index in [-0.39, 0.29) is 5.82 Å². The molecular formula is C24H21FN8O. The van der Waals surface area contributed by atoms with Gasteiger partial charge in [-0.15, -0.1) is 0 Å². The molecule has 5 aromatic rings. The van der Waals surface area contributed by atoms with Crippen LogP contribution in [0.25, 0.3) is 39.8 Å². The van der Waals surface area contributed by atoms with Gasteiger partial charge < -0.3 is 14.2 Å². The van der Waals surface area contributed by atoms with E-state index in [4.69, 9.17) is 19.7 Å². The van der Waals surface area contributed by atoms with Crippen LogP contribution in [0, 0.1) is 5.82 Å². The fourth-order valence-electron chi connectivity index (χ4n) is 4.13. The third kappa shape index (κ3) is 3.57. The standard InChI is InChI=1S/C24H21FN8O/c1-31-21(16-5-8-26-9-6-16)27-20-22(31)28-24(29-23(20)32-11-13-34-14-12-32)33-10-7-19(30-33)17-3-2-4-18(25)15-17/h2-10,15H,11-14H2,1H3. The molecule has 0 unspecified atom stereocenters. The Labute approximate surface area is 194 Å². The smallest absolute Gasteiger partial charge is 0.254 e. The van der Waals surface area contributed by atoms with Crippen LogP contribution in [0.4, 0.5) is 10.2 Å². The van der Waals surface area contributed by atoms with Crippen molar-refractivity contribution in [1.82, 2.24) is 34.3 Å². The second-order valence-electron chi connectivity index (χ2n) is 8.01. The lowest BCUT2D eigenvalue weighted by Gasteiger charge is -2.28. The maximum absolute atomic E-state index is 13.7. The fraction of sp³-hybridized carbons (Fsp3) is 0.208. The predicted molar refractivity (Wildman–Crippen MR) is 125 cm³/mol. The molecule has 0 radical (unpaired) electrons. The quantitative estimate of drug-likeness (QED) is 0.410. The van der Waals surface area contributed by atoms with Crippen molar-refractivity contribution in [2.45, 2.75) is 0 Å². The highest BCUT2D eigenvalue weighted by atomic mass is 19.1. The first-order chi connectivity index (χ1) is 16.7. The maximum atomic E-state index is 13.7. The van der Waals surface area contributed by atoms with Gasteiger partial charge in [0.15, 0.2) is 17.0 Å². The van der Waals surface area contributed by atoms with E-state index in [1.165, 1.54) is 12.1 Å². The summed E-state index contributed by atoms with van der Waals surface area (Å²) in [7, 11) is 1.94. The number of imidazole rings is 1. The summed E-state index contributed by atoms with van der Waals surface area (Å²) in [5, 5.41) is 4.62. The number of rotatable bonds is 4. The number of hydrogen-bond acceptors (Lipinski definition) is 7. The molecule has 0 atom stereocenters. The topological polar surface area (TPSA) is 86.8 Å². The number of aromatic nitrogens is 7. The molecule has 1 fully saturated rings. The molecule has 0 saturated carbocycles. The summed E-state index contributed by atoms with van der Waals surface area (Å²) in [5.41, 5.74) is 3.68. The first kappa shape index (κ1) is 20.4. The summed E-state index contributed by atoms with van der Waals surface area (Å²) in [6, 6.07) is 12.0. The van der Waals surface area contributed by atoms with Crippen LogP contribution >= 0.6 is 0 Å². The van der Waals surface area contributed by atoms with Gasteiger partial charge in [-0.3, -0.25) is 4.98 Å². The molecule has 170 valence electrons. The summed E-state index contributed by atoms with van der Waals surface area (Å²) in [4.78, 5) is 20.9. The second-order valence-corrected chi connectivity index (χ2v) is 8.01. The molecule has 9 nitrogen and oxygen atoms in total. The summed E-state index contributed by atoms with van der Waals surface area (Å²) < 4.78 is 22.8. The van der Waals surface area contributed by atoms with Crippen LogP contribution < -0.4 is 4.90 Å². The molecular weight excluding hydrogens is 435 g/mol. The molecule has 6 rings (SSSR count). The number of nitrogens with zero attached hydrogens (tertiary/aromatic N) is 8. The van der Waals surface area contributed by atoms with Crippen LogP contribution in [0.15, 0.2) is 61.1 Å². The Kier molecular flexibility index (Phi) is 4.99. The number of aryl methyl sites for hydroxylation is 1. The van der Waals surface area contributed by atoms with Gasteiger partial charge in [-0.2, -0.15) is 15.1 Å². The van der Waals surface area contributed by atoms with Crippen molar-refractivity contribution in [3.8, 4) is 28.6 Å². The van der Waals surface area contributed by atoms with E-state index in [1.54, 1.807) is 29.3 Å². The van der Waals surface area contributed by atoms with Crippen LogP contribution in [0.2, 0.25) is 0 Å². The van der Waals surface area contributed by atoms with Gasteiger partial charge in [-0.25, -0.2) is 14.1 Å². The summed E-state index contributed by atoms with van der Waals surface area (Å²) in [5.74, 6) is 1.63. The fourth-order valence-corrected chi connectivity index (χ4v) is 4.13. The van der Waals surface area contributed by atoms with Gasteiger partial charge in [0.1, 0.15) is 11.6 Å². The summed E-state index contributed by atoms with van der Waals surface area (Å²) >= 11 is 0. The molecule has 0 bridgehead atoms. The SMILES string of the molecule is Cn1c(-c2ccncc2)nc2c(N3CCOCC3)nc(-n3ccc(-c4cccc(F)c4)n3)nc21. The number of pyridine rings is 1. The van der Waals surface area contributed by atoms with E-state index >= 15 is 0 Å². The third-order valence-electron chi connectivity index (χ3n) is 5.85. The Morgan fingerprint density at radius 2 is 1.76 bits per heavy atom. The lowest BCUT2D eigenvalue weighted by Crippen LogP contribution is -2.37. The highest BCUT2D eigenvalue weighted by Crippen LogP contribution is 2.29.